The number of aromatic nitrogens is 3. The Bertz CT molecular complexity index is 1130. The molecule has 4 heterocycles. The predicted octanol–water partition coefficient (Wildman–Crippen LogP) is 4.97. The van der Waals surface area contributed by atoms with E-state index in [0.29, 0.717) is 13.0 Å². The first-order valence-electron chi connectivity index (χ1n) is 14.3. The normalized spacial score (nSPS) is 18.7. The molecule has 7 nitrogen and oxygen atoms in total. The number of carbonyl (C=O) groups is 1. The Morgan fingerprint density at radius 1 is 0.974 bits per heavy atom. The molecular formula is C31H41N5O2. The molecule has 202 valence electrons. The summed E-state index contributed by atoms with van der Waals surface area (Å²) in [5.41, 5.74) is 2.78. The molecule has 0 N–H and O–H groups in total. The Kier molecular flexibility index (Phi) is 9.07. The van der Waals surface area contributed by atoms with Crippen LogP contribution in [0.1, 0.15) is 56.1 Å². The molecule has 0 saturated carbocycles. The Morgan fingerprint density at radius 3 is 2.68 bits per heavy atom. The van der Waals surface area contributed by atoms with Gasteiger partial charge in [-0.2, -0.15) is 5.10 Å². The zero-order valence-electron chi connectivity index (χ0n) is 22.5. The van der Waals surface area contributed by atoms with Gasteiger partial charge < -0.3 is 9.64 Å². The van der Waals surface area contributed by atoms with Crippen molar-refractivity contribution in [3.8, 4) is 5.75 Å². The Labute approximate surface area is 226 Å². The third kappa shape index (κ3) is 7.22. The number of ether oxygens (including phenoxy) is 1. The van der Waals surface area contributed by atoms with E-state index in [1.807, 2.05) is 35.4 Å². The molecule has 0 unspecified atom stereocenters. The second-order valence-electron chi connectivity index (χ2n) is 11.0. The molecule has 0 radical (unpaired) electrons. The van der Waals surface area contributed by atoms with E-state index < -0.39 is 0 Å². The number of carbonyl (C=O) groups excluding carboxylic acids is 1. The average molecular weight is 516 g/mol. The molecule has 2 aliphatic rings. The van der Waals surface area contributed by atoms with Gasteiger partial charge in [0, 0.05) is 70.5 Å². The molecule has 2 aromatic heterocycles. The lowest BCUT2D eigenvalue weighted by Gasteiger charge is -2.45. The lowest BCUT2D eigenvalue weighted by molar-refractivity contribution is -0.134. The molecule has 1 saturated heterocycles. The van der Waals surface area contributed by atoms with Crippen LogP contribution in [0.15, 0.2) is 67.3 Å². The maximum absolute atomic E-state index is 13.0. The maximum atomic E-state index is 13.0. The van der Waals surface area contributed by atoms with Crippen molar-refractivity contribution < 1.29 is 9.53 Å². The van der Waals surface area contributed by atoms with Gasteiger partial charge in [-0.15, -0.1) is 0 Å². The molecule has 0 bridgehead atoms. The maximum Gasteiger partial charge on any atom is 0.222 e. The summed E-state index contributed by atoms with van der Waals surface area (Å²) in [6.45, 7) is 5.98. The zero-order chi connectivity index (χ0) is 26.0. The number of likely N-dealkylation sites (tertiary alicyclic amines) is 1. The standard InChI is InChI=1S/C31H41N5O2/c37-30(12-6-18-36-19-7-17-33-36)35-20-14-31(15-21-35)13-4-3-10-28-9-1-2-11-29(28)38-23-22-34(26-31)25-27-8-5-16-32-24-27/h1-2,5,7-9,11,16-17,19,24H,3-4,6,10,12-15,18,20-23,25-26H2. The fraction of sp³-hybridized carbons (Fsp3) is 0.516. The van der Waals surface area contributed by atoms with Gasteiger partial charge in [0.15, 0.2) is 0 Å². The highest BCUT2D eigenvalue weighted by Gasteiger charge is 2.37. The molecule has 5 rings (SSSR count). The number of rotatable bonds is 6. The molecule has 1 fully saturated rings. The summed E-state index contributed by atoms with van der Waals surface area (Å²) in [6.07, 6.45) is 15.8. The predicted molar refractivity (Wildman–Crippen MR) is 149 cm³/mol. The fourth-order valence-electron chi connectivity index (χ4n) is 6.09. The van der Waals surface area contributed by atoms with Crippen molar-refractivity contribution in [2.75, 3.05) is 32.8 Å². The van der Waals surface area contributed by atoms with Crippen LogP contribution in [0, 0.1) is 5.41 Å². The molecular weight excluding hydrogens is 474 g/mol. The van der Waals surface area contributed by atoms with Crippen molar-refractivity contribution in [1.29, 1.82) is 0 Å². The highest BCUT2D eigenvalue weighted by Crippen LogP contribution is 2.39. The number of para-hydroxylation sites is 1. The molecule has 2 aliphatic heterocycles. The van der Waals surface area contributed by atoms with Crippen LogP contribution in [-0.2, 0) is 24.3 Å². The van der Waals surface area contributed by atoms with Crippen LogP contribution >= 0.6 is 0 Å². The minimum atomic E-state index is 0.229. The fourth-order valence-corrected chi connectivity index (χ4v) is 6.09. The SMILES string of the molecule is O=C(CCCn1cccn1)N1CCC2(CCCCc3ccccc3OCCN(Cc3cccnc3)C2)CC1. The van der Waals surface area contributed by atoms with Crippen LogP contribution in [0.2, 0.25) is 0 Å². The molecule has 1 amide bonds. The molecule has 38 heavy (non-hydrogen) atoms. The van der Waals surface area contributed by atoms with Crippen molar-refractivity contribution in [2.45, 2.75) is 64.5 Å². The van der Waals surface area contributed by atoms with E-state index in [1.165, 1.54) is 30.4 Å². The second kappa shape index (κ2) is 13.1. The van der Waals surface area contributed by atoms with Crippen molar-refractivity contribution in [1.82, 2.24) is 24.6 Å². The quantitative estimate of drug-likeness (QED) is 0.464. The third-order valence-electron chi connectivity index (χ3n) is 8.24. The summed E-state index contributed by atoms with van der Waals surface area (Å²) >= 11 is 0. The largest absolute Gasteiger partial charge is 0.492 e. The molecule has 1 aromatic carbocycles. The van der Waals surface area contributed by atoms with Crippen LogP contribution in [0.3, 0.4) is 0 Å². The number of pyridine rings is 1. The van der Waals surface area contributed by atoms with E-state index in [-0.39, 0.29) is 11.3 Å². The van der Waals surface area contributed by atoms with Gasteiger partial charge in [0.25, 0.3) is 0 Å². The highest BCUT2D eigenvalue weighted by molar-refractivity contribution is 5.76. The highest BCUT2D eigenvalue weighted by atomic mass is 16.5. The topological polar surface area (TPSA) is 63.5 Å². The number of aryl methyl sites for hydroxylation is 2. The number of fused-ring (bicyclic) bond motifs is 1. The molecule has 7 heteroatoms. The van der Waals surface area contributed by atoms with Crippen LogP contribution in [-0.4, -0.2) is 63.3 Å². The van der Waals surface area contributed by atoms with E-state index in [4.69, 9.17) is 4.74 Å². The number of piperidine rings is 1. The minimum absolute atomic E-state index is 0.229. The summed E-state index contributed by atoms with van der Waals surface area (Å²) in [5.74, 6) is 1.32. The number of hydrogen-bond acceptors (Lipinski definition) is 5. The van der Waals surface area contributed by atoms with E-state index in [1.54, 1.807) is 6.20 Å². The number of benzene rings is 1. The summed E-state index contributed by atoms with van der Waals surface area (Å²) in [4.78, 5) is 22.0. The second-order valence-corrected chi connectivity index (χ2v) is 11.0. The van der Waals surface area contributed by atoms with Crippen LogP contribution in [0.4, 0.5) is 0 Å². The molecule has 0 aliphatic carbocycles. The van der Waals surface area contributed by atoms with Crippen molar-refractivity contribution in [3.05, 3.63) is 78.4 Å². The Balaban J connectivity index is 1.24. The number of hydrogen-bond donors (Lipinski definition) is 0. The first kappa shape index (κ1) is 26.4. The van der Waals surface area contributed by atoms with Crippen molar-refractivity contribution in [2.24, 2.45) is 5.41 Å². The van der Waals surface area contributed by atoms with E-state index in [2.05, 4.69) is 50.2 Å². The lowest BCUT2D eigenvalue weighted by Crippen LogP contribution is -2.48. The zero-order valence-corrected chi connectivity index (χ0v) is 22.5. The van der Waals surface area contributed by atoms with Gasteiger partial charge in [-0.1, -0.05) is 30.7 Å². The van der Waals surface area contributed by atoms with Gasteiger partial charge in [0.1, 0.15) is 12.4 Å². The first-order valence-corrected chi connectivity index (χ1v) is 14.3. The summed E-state index contributed by atoms with van der Waals surface area (Å²) < 4.78 is 8.21. The lowest BCUT2D eigenvalue weighted by atomic mass is 9.73. The molecule has 0 atom stereocenters. The Morgan fingerprint density at radius 2 is 1.87 bits per heavy atom. The van der Waals surface area contributed by atoms with Gasteiger partial charge in [-0.3, -0.25) is 19.4 Å². The number of amides is 1. The minimum Gasteiger partial charge on any atom is -0.492 e. The van der Waals surface area contributed by atoms with E-state index in [9.17, 15) is 4.79 Å². The third-order valence-corrected chi connectivity index (χ3v) is 8.24. The van der Waals surface area contributed by atoms with Gasteiger partial charge in [0.05, 0.1) is 0 Å². The number of nitrogens with zero attached hydrogens (tertiary/aromatic N) is 5. The van der Waals surface area contributed by atoms with Crippen LogP contribution in [0.25, 0.3) is 0 Å². The van der Waals surface area contributed by atoms with Gasteiger partial charge in [-0.05, 0) is 73.3 Å². The van der Waals surface area contributed by atoms with Gasteiger partial charge >= 0.3 is 0 Å². The van der Waals surface area contributed by atoms with Crippen LogP contribution in [0.5, 0.6) is 5.75 Å². The summed E-state index contributed by atoms with van der Waals surface area (Å²) in [5, 5.41) is 4.25. The van der Waals surface area contributed by atoms with Gasteiger partial charge in [0.2, 0.25) is 5.91 Å². The van der Waals surface area contributed by atoms with Crippen molar-refractivity contribution >= 4 is 5.91 Å². The van der Waals surface area contributed by atoms with E-state index in [0.717, 1.165) is 70.7 Å². The molecule has 1 spiro atoms. The summed E-state index contributed by atoms with van der Waals surface area (Å²) in [6, 6.07) is 14.6. The monoisotopic (exact) mass is 515 g/mol. The smallest absolute Gasteiger partial charge is 0.222 e. The van der Waals surface area contributed by atoms with Gasteiger partial charge in [-0.25, -0.2) is 0 Å². The summed E-state index contributed by atoms with van der Waals surface area (Å²) in [7, 11) is 0. The first-order chi connectivity index (χ1) is 18.7. The Hall–Kier alpha value is -3.19. The molecule has 3 aromatic rings. The van der Waals surface area contributed by atoms with Crippen molar-refractivity contribution in [3.63, 3.8) is 0 Å². The van der Waals surface area contributed by atoms with Crippen LogP contribution < -0.4 is 4.74 Å². The average Bonchev–Trinajstić information content (AvgIpc) is 3.46. The van der Waals surface area contributed by atoms with E-state index >= 15 is 0 Å².